The van der Waals surface area contributed by atoms with Crippen molar-refractivity contribution in [2.24, 2.45) is 7.05 Å². The summed E-state index contributed by atoms with van der Waals surface area (Å²) in [6, 6.07) is 2.15. The number of hydrogen-bond acceptors (Lipinski definition) is 5. The fraction of sp³-hybridized carbons (Fsp3) is 0.619. The third-order valence-corrected chi connectivity index (χ3v) is 6.22. The number of hydrogen-bond donors (Lipinski definition) is 1. The number of piperidine rings is 2. The summed E-state index contributed by atoms with van der Waals surface area (Å²) >= 11 is 0. The van der Waals surface area contributed by atoms with Gasteiger partial charge in [0.2, 0.25) is 5.91 Å². The highest BCUT2D eigenvalue weighted by atomic mass is 16.5. The van der Waals surface area contributed by atoms with Crippen LogP contribution in [0.4, 0.5) is 0 Å². The summed E-state index contributed by atoms with van der Waals surface area (Å²) in [5.74, 6) is 0.794. The summed E-state index contributed by atoms with van der Waals surface area (Å²) in [7, 11) is 1.91. The molecule has 2 aromatic rings. The van der Waals surface area contributed by atoms with E-state index in [2.05, 4.69) is 15.3 Å². The second kappa shape index (κ2) is 8.10. The summed E-state index contributed by atoms with van der Waals surface area (Å²) < 4.78 is 7.12. The molecule has 0 radical (unpaired) electrons. The van der Waals surface area contributed by atoms with E-state index in [9.17, 15) is 9.59 Å². The van der Waals surface area contributed by atoms with Crippen molar-refractivity contribution >= 4 is 23.0 Å². The van der Waals surface area contributed by atoms with Crippen molar-refractivity contribution in [2.75, 3.05) is 13.2 Å². The SMILES string of the molecule is CCOCC(=O)NC1C[C@H]2CCC[C@@H](C1)N2C(=O)c1ccnc2c1nc(C)n2C. The Kier molecular flexibility index (Phi) is 5.54. The van der Waals surface area contributed by atoms with Crippen molar-refractivity contribution in [1.82, 2.24) is 24.8 Å². The molecule has 2 fully saturated rings. The fourth-order valence-electron chi connectivity index (χ4n) is 4.80. The van der Waals surface area contributed by atoms with E-state index in [0.717, 1.165) is 43.6 Å². The first kappa shape index (κ1) is 19.8. The van der Waals surface area contributed by atoms with Crippen molar-refractivity contribution in [3.8, 4) is 0 Å². The highest BCUT2D eigenvalue weighted by Crippen LogP contribution is 2.36. The van der Waals surface area contributed by atoms with Crippen LogP contribution in [0.3, 0.4) is 0 Å². The van der Waals surface area contributed by atoms with Gasteiger partial charge in [0, 0.05) is 38.0 Å². The van der Waals surface area contributed by atoms with Gasteiger partial charge in [-0.1, -0.05) is 0 Å². The number of carbonyl (C=O) groups excluding carboxylic acids is 2. The average Bonchev–Trinajstić information content (AvgIpc) is 2.99. The van der Waals surface area contributed by atoms with Gasteiger partial charge in [-0.25, -0.2) is 9.97 Å². The summed E-state index contributed by atoms with van der Waals surface area (Å²) in [5, 5.41) is 3.09. The number of nitrogens with zero attached hydrogens (tertiary/aromatic N) is 4. The number of rotatable bonds is 5. The number of aromatic nitrogens is 3. The molecule has 2 amide bonds. The summed E-state index contributed by atoms with van der Waals surface area (Å²) in [6.07, 6.45) is 6.32. The minimum Gasteiger partial charge on any atom is -0.372 e. The molecule has 2 aliphatic rings. The van der Waals surface area contributed by atoms with Gasteiger partial charge < -0.3 is 19.5 Å². The molecule has 0 spiro atoms. The molecule has 29 heavy (non-hydrogen) atoms. The van der Waals surface area contributed by atoms with E-state index in [1.54, 1.807) is 12.3 Å². The number of aryl methyl sites for hydroxylation is 2. The lowest BCUT2D eigenvalue weighted by Gasteiger charge is -2.49. The lowest BCUT2D eigenvalue weighted by atomic mass is 9.81. The maximum Gasteiger partial charge on any atom is 0.256 e. The first-order valence-electron chi connectivity index (χ1n) is 10.5. The lowest BCUT2D eigenvalue weighted by molar-refractivity contribution is -0.126. The number of carbonyl (C=O) groups is 2. The topological polar surface area (TPSA) is 89.3 Å². The van der Waals surface area contributed by atoms with E-state index in [-0.39, 0.29) is 36.5 Å². The molecule has 0 aliphatic carbocycles. The molecule has 2 saturated heterocycles. The molecular formula is C21H29N5O3. The van der Waals surface area contributed by atoms with Crippen molar-refractivity contribution in [3.05, 3.63) is 23.7 Å². The predicted octanol–water partition coefficient (Wildman–Crippen LogP) is 1.96. The number of amides is 2. The molecule has 2 aromatic heterocycles. The molecule has 1 unspecified atom stereocenters. The van der Waals surface area contributed by atoms with Gasteiger partial charge in [0.25, 0.3) is 5.91 Å². The van der Waals surface area contributed by atoms with E-state index in [0.29, 0.717) is 17.7 Å². The van der Waals surface area contributed by atoms with Gasteiger partial charge >= 0.3 is 0 Å². The van der Waals surface area contributed by atoms with Crippen molar-refractivity contribution in [3.63, 3.8) is 0 Å². The maximum atomic E-state index is 13.6. The van der Waals surface area contributed by atoms with Crippen molar-refractivity contribution in [2.45, 2.75) is 64.1 Å². The molecular weight excluding hydrogens is 370 g/mol. The highest BCUT2D eigenvalue weighted by Gasteiger charge is 2.42. The van der Waals surface area contributed by atoms with Crippen LogP contribution in [0.1, 0.15) is 55.2 Å². The van der Waals surface area contributed by atoms with Gasteiger partial charge in [0.15, 0.2) is 5.65 Å². The Labute approximate surface area is 170 Å². The van der Waals surface area contributed by atoms with E-state index < -0.39 is 0 Å². The Morgan fingerprint density at radius 3 is 2.69 bits per heavy atom. The van der Waals surface area contributed by atoms with Crippen LogP contribution in [0.25, 0.3) is 11.2 Å². The number of pyridine rings is 1. The standard InChI is InChI=1S/C21H29N5O3/c1-4-29-12-18(27)24-14-10-15-6-5-7-16(11-14)26(15)21(28)17-8-9-22-20-19(17)23-13(2)25(20)3/h8-9,14-16H,4-7,10-12H2,1-3H3,(H,24,27)/t14?,15-,16+. The Hall–Kier alpha value is -2.48. The second-order valence-corrected chi connectivity index (χ2v) is 8.07. The minimum absolute atomic E-state index is 0.0318. The zero-order valence-corrected chi connectivity index (χ0v) is 17.4. The van der Waals surface area contributed by atoms with Crippen LogP contribution in [-0.2, 0) is 16.6 Å². The summed E-state index contributed by atoms with van der Waals surface area (Å²) in [6.45, 7) is 4.42. The Morgan fingerprint density at radius 1 is 1.28 bits per heavy atom. The monoisotopic (exact) mass is 399 g/mol. The zero-order valence-electron chi connectivity index (χ0n) is 17.4. The van der Waals surface area contributed by atoms with Crippen LogP contribution in [0.5, 0.6) is 0 Å². The lowest BCUT2D eigenvalue weighted by Crippen LogP contribution is -2.59. The zero-order chi connectivity index (χ0) is 20.5. The van der Waals surface area contributed by atoms with Crippen LogP contribution < -0.4 is 5.32 Å². The van der Waals surface area contributed by atoms with Gasteiger partial charge in [-0.2, -0.15) is 0 Å². The van der Waals surface area contributed by atoms with Crippen molar-refractivity contribution in [1.29, 1.82) is 0 Å². The first-order valence-corrected chi connectivity index (χ1v) is 10.5. The summed E-state index contributed by atoms with van der Waals surface area (Å²) in [4.78, 5) is 36.7. The fourth-order valence-corrected chi connectivity index (χ4v) is 4.80. The second-order valence-electron chi connectivity index (χ2n) is 8.07. The third kappa shape index (κ3) is 3.73. The van der Waals surface area contributed by atoms with Crippen LogP contribution >= 0.6 is 0 Å². The van der Waals surface area contributed by atoms with Gasteiger partial charge in [0.05, 0.1) is 5.56 Å². The van der Waals surface area contributed by atoms with Gasteiger partial charge in [-0.05, 0) is 52.0 Å². The van der Waals surface area contributed by atoms with E-state index in [4.69, 9.17) is 4.74 Å². The molecule has 4 heterocycles. The predicted molar refractivity (Wildman–Crippen MR) is 109 cm³/mol. The number of nitrogens with one attached hydrogen (secondary N) is 1. The largest absolute Gasteiger partial charge is 0.372 e. The van der Waals surface area contributed by atoms with Crippen LogP contribution in [0.15, 0.2) is 12.3 Å². The molecule has 2 bridgehead atoms. The van der Waals surface area contributed by atoms with E-state index in [1.165, 1.54) is 0 Å². The van der Waals surface area contributed by atoms with Crippen molar-refractivity contribution < 1.29 is 14.3 Å². The minimum atomic E-state index is -0.0745. The molecule has 0 saturated carbocycles. The first-order chi connectivity index (χ1) is 14.0. The quantitative estimate of drug-likeness (QED) is 0.830. The molecule has 8 nitrogen and oxygen atoms in total. The van der Waals surface area contributed by atoms with Crippen LogP contribution in [0, 0.1) is 6.92 Å². The highest BCUT2D eigenvalue weighted by molar-refractivity contribution is 6.04. The molecule has 8 heteroatoms. The summed E-state index contributed by atoms with van der Waals surface area (Å²) in [5.41, 5.74) is 2.02. The molecule has 2 aliphatic heterocycles. The third-order valence-electron chi connectivity index (χ3n) is 6.22. The number of imidazole rings is 1. The molecule has 4 rings (SSSR count). The Bertz CT molecular complexity index is 910. The number of ether oxygens (including phenoxy) is 1. The Balaban J connectivity index is 1.55. The normalized spacial score (nSPS) is 24.0. The molecule has 1 N–H and O–H groups in total. The average molecular weight is 399 g/mol. The van der Waals surface area contributed by atoms with E-state index >= 15 is 0 Å². The smallest absolute Gasteiger partial charge is 0.256 e. The van der Waals surface area contributed by atoms with E-state index in [1.807, 2.05) is 30.4 Å². The Morgan fingerprint density at radius 2 is 2.00 bits per heavy atom. The molecule has 0 aromatic carbocycles. The molecule has 156 valence electrons. The van der Waals surface area contributed by atoms with Crippen LogP contribution in [0.2, 0.25) is 0 Å². The number of fused-ring (bicyclic) bond motifs is 3. The van der Waals surface area contributed by atoms with Gasteiger partial charge in [-0.15, -0.1) is 0 Å². The maximum absolute atomic E-state index is 13.6. The molecule has 3 atom stereocenters. The van der Waals surface area contributed by atoms with Gasteiger partial charge in [-0.3, -0.25) is 9.59 Å². The van der Waals surface area contributed by atoms with Gasteiger partial charge in [0.1, 0.15) is 17.9 Å². The van der Waals surface area contributed by atoms with Crippen LogP contribution in [-0.4, -0.2) is 62.6 Å².